The molecule has 1 aromatic carbocycles. The standard InChI is InChI=1S/C14H19ClFNO/c1-3-14(4-2)12(17)8-13(14)18-11-6-5-9(16)7-10(11)15/h5-7,12-13H,3-4,8,17H2,1-2H3. The second kappa shape index (κ2) is 5.06. The van der Waals surface area contributed by atoms with E-state index in [-0.39, 0.29) is 23.4 Å². The van der Waals surface area contributed by atoms with Gasteiger partial charge in [0.1, 0.15) is 17.7 Å². The molecule has 1 aromatic rings. The van der Waals surface area contributed by atoms with Crippen LogP contribution >= 0.6 is 11.6 Å². The van der Waals surface area contributed by atoms with Crippen LogP contribution in [0.25, 0.3) is 0 Å². The Hall–Kier alpha value is -0.800. The summed E-state index contributed by atoms with van der Waals surface area (Å²) in [6.45, 7) is 4.26. The first kappa shape index (κ1) is 13.6. The average molecular weight is 272 g/mol. The summed E-state index contributed by atoms with van der Waals surface area (Å²) in [5, 5.41) is 0.316. The fourth-order valence-electron chi connectivity index (χ4n) is 2.90. The molecule has 1 aliphatic rings. The number of hydrogen-bond acceptors (Lipinski definition) is 2. The van der Waals surface area contributed by atoms with Gasteiger partial charge in [0.2, 0.25) is 0 Å². The van der Waals surface area contributed by atoms with Gasteiger partial charge in [-0.2, -0.15) is 0 Å². The van der Waals surface area contributed by atoms with E-state index in [1.807, 2.05) is 0 Å². The Kier molecular flexibility index (Phi) is 3.83. The number of ether oxygens (including phenoxy) is 1. The van der Waals surface area contributed by atoms with Crippen molar-refractivity contribution in [3.8, 4) is 5.75 Å². The maximum atomic E-state index is 13.0. The Bertz CT molecular complexity index is 434. The molecule has 0 aliphatic heterocycles. The topological polar surface area (TPSA) is 35.2 Å². The van der Waals surface area contributed by atoms with Gasteiger partial charge < -0.3 is 10.5 Å². The fourth-order valence-corrected chi connectivity index (χ4v) is 3.11. The molecule has 1 saturated carbocycles. The first-order valence-electron chi connectivity index (χ1n) is 6.40. The van der Waals surface area contributed by atoms with E-state index in [0.717, 1.165) is 19.3 Å². The fraction of sp³-hybridized carbons (Fsp3) is 0.571. The van der Waals surface area contributed by atoms with Crippen molar-refractivity contribution >= 4 is 11.6 Å². The highest BCUT2D eigenvalue weighted by atomic mass is 35.5. The van der Waals surface area contributed by atoms with E-state index >= 15 is 0 Å². The van der Waals surface area contributed by atoms with Crippen LogP contribution in [0.15, 0.2) is 18.2 Å². The molecule has 2 atom stereocenters. The Morgan fingerprint density at radius 3 is 2.61 bits per heavy atom. The van der Waals surface area contributed by atoms with E-state index in [0.29, 0.717) is 10.8 Å². The molecule has 2 rings (SSSR count). The lowest BCUT2D eigenvalue weighted by molar-refractivity contribution is -0.0722. The SMILES string of the molecule is CCC1(CC)C(N)CC1Oc1ccc(F)cc1Cl. The number of nitrogens with two attached hydrogens (primary N) is 1. The van der Waals surface area contributed by atoms with Crippen LogP contribution in [0, 0.1) is 11.2 Å². The minimum absolute atomic E-state index is 0.0255. The van der Waals surface area contributed by atoms with Gasteiger partial charge in [0.05, 0.1) is 5.02 Å². The molecule has 0 saturated heterocycles. The van der Waals surface area contributed by atoms with Crippen molar-refractivity contribution in [2.24, 2.45) is 11.1 Å². The van der Waals surface area contributed by atoms with Crippen molar-refractivity contribution in [2.75, 3.05) is 0 Å². The molecule has 4 heteroatoms. The van der Waals surface area contributed by atoms with E-state index in [2.05, 4.69) is 13.8 Å². The maximum Gasteiger partial charge on any atom is 0.138 e. The molecular formula is C14H19ClFNO. The van der Waals surface area contributed by atoms with Crippen LogP contribution in [-0.4, -0.2) is 12.1 Å². The van der Waals surface area contributed by atoms with Crippen LogP contribution in [0.2, 0.25) is 5.02 Å². The molecule has 18 heavy (non-hydrogen) atoms. The summed E-state index contributed by atoms with van der Waals surface area (Å²) in [5.41, 5.74) is 6.14. The largest absolute Gasteiger partial charge is 0.488 e. The molecule has 1 aliphatic carbocycles. The average Bonchev–Trinajstić information content (AvgIpc) is 2.33. The van der Waals surface area contributed by atoms with Gasteiger partial charge in [-0.3, -0.25) is 0 Å². The van der Waals surface area contributed by atoms with Gasteiger partial charge in [-0.05, 0) is 31.0 Å². The Balaban J connectivity index is 2.15. The highest BCUT2D eigenvalue weighted by Gasteiger charge is 2.52. The summed E-state index contributed by atoms with van der Waals surface area (Å²) in [7, 11) is 0. The van der Waals surface area contributed by atoms with Crippen molar-refractivity contribution in [1.29, 1.82) is 0 Å². The monoisotopic (exact) mass is 271 g/mol. The van der Waals surface area contributed by atoms with E-state index in [4.69, 9.17) is 22.1 Å². The van der Waals surface area contributed by atoms with E-state index < -0.39 is 0 Å². The smallest absolute Gasteiger partial charge is 0.138 e. The third-order valence-electron chi connectivity index (χ3n) is 4.33. The van der Waals surface area contributed by atoms with Crippen molar-refractivity contribution in [2.45, 2.75) is 45.3 Å². The van der Waals surface area contributed by atoms with Crippen molar-refractivity contribution in [3.63, 3.8) is 0 Å². The molecule has 0 aromatic heterocycles. The third-order valence-corrected chi connectivity index (χ3v) is 4.62. The normalized spacial score (nSPS) is 25.6. The highest BCUT2D eigenvalue weighted by Crippen LogP contribution is 2.48. The zero-order chi connectivity index (χ0) is 13.3. The summed E-state index contributed by atoms with van der Waals surface area (Å²) in [6, 6.07) is 4.39. The Morgan fingerprint density at radius 1 is 1.44 bits per heavy atom. The quantitative estimate of drug-likeness (QED) is 0.905. The lowest BCUT2D eigenvalue weighted by Gasteiger charge is -2.53. The summed E-state index contributed by atoms with van der Waals surface area (Å²) < 4.78 is 18.9. The second-order valence-corrected chi connectivity index (χ2v) is 5.37. The minimum Gasteiger partial charge on any atom is -0.488 e. The van der Waals surface area contributed by atoms with E-state index in [9.17, 15) is 4.39 Å². The first-order valence-corrected chi connectivity index (χ1v) is 6.78. The molecule has 1 fully saturated rings. The lowest BCUT2D eigenvalue weighted by atomic mass is 9.59. The van der Waals surface area contributed by atoms with Gasteiger partial charge in [0.15, 0.2) is 0 Å². The maximum absolute atomic E-state index is 13.0. The first-order chi connectivity index (χ1) is 8.53. The molecule has 0 amide bonds. The van der Waals surface area contributed by atoms with Crippen molar-refractivity contribution in [1.82, 2.24) is 0 Å². The molecule has 2 N–H and O–H groups in total. The number of halogens is 2. The van der Waals surface area contributed by atoms with Gasteiger partial charge in [-0.1, -0.05) is 25.4 Å². The van der Waals surface area contributed by atoms with Crippen molar-refractivity contribution < 1.29 is 9.13 Å². The highest BCUT2D eigenvalue weighted by molar-refractivity contribution is 6.32. The van der Waals surface area contributed by atoms with Gasteiger partial charge >= 0.3 is 0 Å². The van der Waals surface area contributed by atoms with Gasteiger partial charge in [0, 0.05) is 17.9 Å². The number of benzene rings is 1. The second-order valence-electron chi connectivity index (χ2n) is 4.96. The Morgan fingerprint density at radius 2 is 2.11 bits per heavy atom. The molecule has 0 bridgehead atoms. The molecule has 2 unspecified atom stereocenters. The predicted molar refractivity (Wildman–Crippen MR) is 71.4 cm³/mol. The zero-order valence-electron chi connectivity index (χ0n) is 10.7. The third kappa shape index (κ3) is 2.10. The van der Waals surface area contributed by atoms with Crippen LogP contribution < -0.4 is 10.5 Å². The molecule has 2 nitrogen and oxygen atoms in total. The zero-order valence-corrected chi connectivity index (χ0v) is 11.5. The van der Waals surface area contributed by atoms with E-state index in [1.54, 1.807) is 6.07 Å². The lowest BCUT2D eigenvalue weighted by Crippen LogP contribution is -2.62. The van der Waals surface area contributed by atoms with Crippen LogP contribution in [-0.2, 0) is 0 Å². The summed E-state index contributed by atoms with van der Waals surface area (Å²) in [6.07, 6.45) is 2.86. The summed E-state index contributed by atoms with van der Waals surface area (Å²) in [5.74, 6) is 0.191. The number of hydrogen-bond donors (Lipinski definition) is 1. The van der Waals surface area contributed by atoms with Gasteiger partial charge in [-0.25, -0.2) is 4.39 Å². The van der Waals surface area contributed by atoms with E-state index in [1.165, 1.54) is 12.1 Å². The molecular weight excluding hydrogens is 253 g/mol. The molecule has 100 valence electrons. The van der Waals surface area contributed by atoms with Gasteiger partial charge in [-0.15, -0.1) is 0 Å². The predicted octanol–water partition coefficient (Wildman–Crippen LogP) is 3.76. The minimum atomic E-state index is -0.352. The van der Waals surface area contributed by atoms with Gasteiger partial charge in [0.25, 0.3) is 0 Å². The van der Waals surface area contributed by atoms with Crippen molar-refractivity contribution in [3.05, 3.63) is 29.0 Å². The van der Waals surface area contributed by atoms with Crippen LogP contribution in [0.3, 0.4) is 0 Å². The molecule has 0 heterocycles. The Labute approximate surface area is 112 Å². The van der Waals surface area contributed by atoms with Crippen LogP contribution in [0.5, 0.6) is 5.75 Å². The molecule has 0 spiro atoms. The number of rotatable bonds is 4. The summed E-state index contributed by atoms with van der Waals surface area (Å²) in [4.78, 5) is 0. The summed E-state index contributed by atoms with van der Waals surface area (Å²) >= 11 is 5.97. The van der Waals surface area contributed by atoms with Crippen LogP contribution in [0.4, 0.5) is 4.39 Å². The molecule has 0 radical (unpaired) electrons. The van der Waals surface area contributed by atoms with Crippen LogP contribution in [0.1, 0.15) is 33.1 Å².